The molecule has 0 radical (unpaired) electrons. The molecule has 1 aliphatic carbocycles. The number of nitrogens with zero attached hydrogens (tertiary/aromatic N) is 1. The van der Waals surface area contributed by atoms with Gasteiger partial charge in [0.15, 0.2) is 0 Å². The third-order valence-corrected chi connectivity index (χ3v) is 6.13. The molecule has 2 unspecified atom stereocenters. The summed E-state index contributed by atoms with van der Waals surface area (Å²) in [5.74, 6) is 1.04. The molecule has 1 heterocycles. The van der Waals surface area contributed by atoms with Gasteiger partial charge in [-0.15, -0.1) is 0 Å². The first-order valence-corrected chi connectivity index (χ1v) is 9.34. The number of hydrogen-bond acceptors (Lipinski definition) is 3. The van der Waals surface area contributed by atoms with Crippen LogP contribution in [0.25, 0.3) is 4.91 Å². The third kappa shape index (κ3) is 2.82. The first-order valence-electron chi connectivity index (χ1n) is 7.86. The van der Waals surface area contributed by atoms with Crippen molar-refractivity contribution < 1.29 is 8.42 Å². The van der Waals surface area contributed by atoms with E-state index in [1.165, 1.54) is 19.3 Å². The summed E-state index contributed by atoms with van der Waals surface area (Å²) in [6.45, 7) is 4.04. The Morgan fingerprint density at radius 3 is 2.50 bits per heavy atom. The first-order chi connectivity index (χ1) is 10.5. The van der Waals surface area contributed by atoms with Gasteiger partial charge in [-0.2, -0.15) is 0 Å². The lowest BCUT2D eigenvalue weighted by Gasteiger charge is -2.25. The molecule has 2 aliphatic rings. The van der Waals surface area contributed by atoms with Crippen molar-refractivity contribution in [1.82, 2.24) is 4.72 Å². The summed E-state index contributed by atoms with van der Waals surface area (Å²) in [6.07, 6.45) is 4.63. The molecule has 1 aromatic rings. The summed E-state index contributed by atoms with van der Waals surface area (Å²) in [4.78, 5) is 5.09. The summed E-state index contributed by atoms with van der Waals surface area (Å²) in [6, 6.07) is 9.45. The van der Waals surface area contributed by atoms with Crippen molar-refractivity contribution in [2.45, 2.75) is 45.6 Å². The van der Waals surface area contributed by atoms with Crippen LogP contribution in [0.4, 0.5) is 0 Å². The molecule has 22 heavy (non-hydrogen) atoms. The maximum absolute atomic E-state index is 12.5. The highest BCUT2D eigenvalue weighted by Gasteiger charge is 2.33. The molecule has 118 valence electrons. The zero-order valence-electron chi connectivity index (χ0n) is 13.0. The van der Waals surface area contributed by atoms with Gasteiger partial charge in [0.25, 0.3) is 10.0 Å². The van der Waals surface area contributed by atoms with Crippen molar-refractivity contribution >= 4 is 20.8 Å². The monoisotopic (exact) mass is 318 g/mol. The van der Waals surface area contributed by atoms with Gasteiger partial charge >= 0.3 is 0 Å². The maximum Gasteiger partial charge on any atom is 0.264 e. The van der Waals surface area contributed by atoms with Crippen LogP contribution in [-0.2, 0) is 10.0 Å². The average molecular weight is 318 g/mol. The van der Waals surface area contributed by atoms with E-state index in [1.54, 1.807) is 0 Å². The van der Waals surface area contributed by atoms with E-state index in [4.69, 9.17) is 4.99 Å². The second-order valence-electron chi connectivity index (χ2n) is 6.23. The topological polar surface area (TPSA) is 58.5 Å². The van der Waals surface area contributed by atoms with E-state index in [9.17, 15) is 8.42 Å². The lowest BCUT2D eigenvalue weighted by atomic mass is 9.86. The Morgan fingerprint density at radius 2 is 1.82 bits per heavy atom. The minimum absolute atomic E-state index is 0.219. The van der Waals surface area contributed by atoms with Gasteiger partial charge in [-0.05, 0) is 31.2 Å². The molecule has 1 saturated carbocycles. The number of aliphatic imine (C=N–C) groups is 1. The molecule has 3 rings (SSSR count). The highest BCUT2D eigenvalue weighted by Crippen LogP contribution is 2.32. The summed E-state index contributed by atoms with van der Waals surface area (Å²) in [5.41, 5.74) is 1.44. The predicted octanol–water partition coefficient (Wildman–Crippen LogP) is 3.33. The summed E-state index contributed by atoms with van der Waals surface area (Å²) in [5, 5.41) is 0. The van der Waals surface area contributed by atoms with Gasteiger partial charge < -0.3 is 0 Å². The molecule has 0 bridgehead atoms. The van der Waals surface area contributed by atoms with Crippen molar-refractivity contribution in [2.75, 3.05) is 0 Å². The fraction of sp³-hybridized carbons (Fsp3) is 0.471. The number of rotatable bonds is 2. The fourth-order valence-electron chi connectivity index (χ4n) is 3.30. The van der Waals surface area contributed by atoms with Gasteiger partial charge in [0, 0.05) is 5.57 Å². The normalized spacial score (nSPS) is 29.6. The van der Waals surface area contributed by atoms with Crippen LogP contribution in [0.1, 0.15) is 45.1 Å². The predicted molar refractivity (Wildman–Crippen MR) is 89.9 cm³/mol. The minimum Gasteiger partial charge on any atom is -0.264 e. The van der Waals surface area contributed by atoms with E-state index < -0.39 is 10.0 Å². The highest BCUT2D eigenvalue weighted by atomic mass is 32.2. The Hall–Kier alpha value is -1.62. The number of hydrogen-bond donors (Lipinski definition) is 1. The van der Waals surface area contributed by atoms with E-state index in [2.05, 4.69) is 11.6 Å². The van der Waals surface area contributed by atoms with Crippen molar-refractivity contribution in [3.8, 4) is 0 Å². The summed E-state index contributed by atoms with van der Waals surface area (Å²) in [7, 11) is -3.51. The van der Waals surface area contributed by atoms with Crippen LogP contribution in [0.15, 0.2) is 40.9 Å². The zero-order valence-corrected chi connectivity index (χ0v) is 13.9. The number of sulfonamides is 1. The molecule has 0 saturated heterocycles. The SMILES string of the molecule is CC1=C(c2ccccc2)S(=O)(=O)NC1=NC1CCCCC1C. The van der Waals surface area contributed by atoms with Crippen molar-refractivity contribution in [2.24, 2.45) is 10.9 Å². The average Bonchev–Trinajstić information content (AvgIpc) is 2.71. The molecule has 0 spiro atoms. The molecule has 5 heteroatoms. The third-order valence-electron chi connectivity index (χ3n) is 4.59. The van der Waals surface area contributed by atoms with E-state index in [1.807, 2.05) is 37.3 Å². The number of benzene rings is 1. The number of nitrogens with one attached hydrogen (secondary N) is 1. The van der Waals surface area contributed by atoms with E-state index in [0.717, 1.165) is 17.6 Å². The standard InChI is InChI=1S/C17H22N2O2S/c1-12-8-6-7-11-15(12)18-17-13(2)16(22(20,21)19-17)14-9-4-3-5-10-14/h3-5,9-10,12,15H,6-8,11H2,1-2H3,(H,18,19). The summed E-state index contributed by atoms with van der Waals surface area (Å²) >= 11 is 0. The molecule has 0 amide bonds. The van der Waals surface area contributed by atoms with Crippen molar-refractivity contribution in [1.29, 1.82) is 0 Å². The molecule has 1 fully saturated rings. The van der Waals surface area contributed by atoms with Crippen LogP contribution in [0.2, 0.25) is 0 Å². The van der Waals surface area contributed by atoms with Crippen LogP contribution in [-0.4, -0.2) is 20.3 Å². The Bertz CT molecular complexity index is 720. The van der Waals surface area contributed by atoms with Gasteiger partial charge in [-0.25, -0.2) is 8.42 Å². The van der Waals surface area contributed by atoms with Crippen molar-refractivity contribution in [3.05, 3.63) is 41.5 Å². The Kier molecular flexibility index (Phi) is 4.08. The van der Waals surface area contributed by atoms with Gasteiger partial charge in [-0.3, -0.25) is 9.71 Å². The highest BCUT2D eigenvalue weighted by molar-refractivity contribution is 8.00. The van der Waals surface area contributed by atoms with Gasteiger partial charge in [0.1, 0.15) is 10.7 Å². The van der Waals surface area contributed by atoms with Gasteiger partial charge in [-0.1, -0.05) is 50.1 Å². The maximum atomic E-state index is 12.5. The first kappa shape index (κ1) is 15.3. The van der Waals surface area contributed by atoms with Gasteiger partial charge in [0.05, 0.1) is 6.04 Å². The molecular formula is C17H22N2O2S. The Labute approximate surface area is 132 Å². The second-order valence-corrected chi connectivity index (χ2v) is 7.85. The molecule has 1 aliphatic heterocycles. The molecular weight excluding hydrogens is 296 g/mol. The van der Waals surface area contributed by atoms with Crippen LogP contribution in [0.3, 0.4) is 0 Å². The van der Waals surface area contributed by atoms with E-state index in [-0.39, 0.29) is 6.04 Å². The smallest absolute Gasteiger partial charge is 0.264 e. The van der Waals surface area contributed by atoms with Gasteiger partial charge in [0.2, 0.25) is 0 Å². The lowest BCUT2D eigenvalue weighted by molar-refractivity contribution is 0.333. The minimum atomic E-state index is -3.51. The summed E-state index contributed by atoms with van der Waals surface area (Å²) < 4.78 is 27.6. The molecule has 4 nitrogen and oxygen atoms in total. The lowest BCUT2D eigenvalue weighted by Crippen LogP contribution is -2.28. The largest absolute Gasteiger partial charge is 0.264 e. The van der Waals surface area contributed by atoms with E-state index >= 15 is 0 Å². The van der Waals surface area contributed by atoms with Crippen LogP contribution in [0, 0.1) is 5.92 Å². The zero-order chi connectivity index (χ0) is 15.7. The van der Waals surface area contributed by atoms with Crippen LogP contribution in [0.5, 0.6) is 0 Å². The molecule has 0 aromatic heterocycles. The van der Waals surface area contributed by atoms with Crippen LogP contribution >= 0.6 is 0 Å². The number of amidine groups is 1. The second kappa shape index (κ2) is 5.88. The Morgan fingerprint density at radius 1 is 1.14 bits per heavy atom. The van der Waals surface area contributed by atoms with E-state index in [0.29, 0.717) is 16.7 Å². The van der Waals surface area contributed by atoms with Crippen molar-refractivity contribution in [3.63, 3.8) is 0 Å². The molecule has 1 aromatic carbocycles. The Balaban J connectivity index is 2.00. The fourth-order valence-corrected chi connectivity index (χ4v) is 4.81. The quantitative estimate of drug-likeness (QED) is 0.909. The molecule has 1 N–H and O–H groups in total. The molecule has 2 atom stereocenters. The van der Waals surface area contributed by atoms with Crippen LogP contribution < -0.4 is 4.72 Å².